The number of carbonyl (C=O) groups is 1. The molecule has 0 bridgehead atoms. The second-order valence-corrected chi connectivity index (χ2v) is 10.5. The van der Waals surface area contributed by atoms with Crippen LogP contribution in [0, 0.1) is 6.92 Å². The Morgan fingerprint density at radius 2 is 1.78 bits per heavy atom. The zero-order chi connectivity index (χ0) is 23.5. The molecule has 10 heteroatoms. The number of benzene rings is 2. The molecule has 3 rings (SSSR count). The van der Waals surface area contributed by atoms with E-state index in [1.807, 2.05) is 30.3 Å². The smallest absolute Gasteiger partial charge is 0.255 e. The number of sulfone groups is 1. The van der Waals surface area contributed by atoms with Gasteiger partial charge in [0, 0.05) is 24.8 Å². The fourth-order valence-electron chi connectivity index (χ4n) is 3.34. The highest BCUT2D eigenvalue weighted by Crippen LogP contribution is 2.29. The van der Waals surface area contributed by atoms with Gasteiger partial charge in [-0.05, 0) is 26.0 Å². The van der Waals surface area contributed by atoms with E-state index in [2.05, 4.69) is 15.6 Å². The fourth-order valence-corrected chi connectivity index (χ4v) is 4.13. The van der Waals surface area contributed by atoms with Gasteiger partial charge in [-0.2, -0.15) is 0 Å². The molecule has 170 valence electrons. The molecule has 0 spiro atoms. The number of hydrogen-bond acceptors (Lipinski definition) is 7. The van der Waals surface area contributed by atoms with Crippen LogP contribution < -0.4 is 5.32 Å². The number of aromatic nitrogens is 3. The van der Waals surface area contributed by atoms with Crippen LogP contribution in [0.3, 0.4) is 0 Å². The van der Waals surface area contributed by atoms with Crippen LogP contribution >= 0.6 is 0 Å². The van der Waals surface area contributed by atoms with Gasteiger partial charge in [-0.25, -0.2) is 13.1 Å². The highest BCUT2D eigenvalue weighted by molar-refractivity contribution is 7.92. The number of nitrogens with one attached hydrogen (secondary N) is 1. The Hall–Kier alpha value is -3.24. The Balaban J connectivity index is 1.81. The van der Waals surface area contributed by atoms with E-state index in [1.54, 1.807) is 19.1 Å². The fraction of sp³-hybridized carbons (Fsp3) is 0.318. The Bertz CT molecular complexity index is 1210. The molecule has 0 radical (unpaired) electrons. The SMILES string of the molecule is Cc1c(-c2ccccc2)nnn1C(O)CC(C)(CNC(=O)c1ccccc1O)S(C)(=O)=O. The lowest BCUT2D eigenvalue weighted by Crippen LogP contribution is -2.47. The van der Waals surface area contributed by atoms with Crippen molar-refractivity contribution in [3.63, 3.8) is 0 Å². The number of hydrogen-bond donors (Lipinski definition) is 3. The predicted octanol–water partition coefficient (Wildman–Crippen LogP) is 2.07. The summed E-state index contributed by atoms with van der Waals surface area (Å²) in [4.78, 5) is 12.5. The van der Waals surface area contributed by atoms with Crippen molar-refractivity contribution >= 4 is 15.7 Å². The van der Waals surface area contributed by atoms with Crippen molar-refractivity contribution in [1.29, 1.82) is 0 Å². The van der Waals surface area contributed by atoms with E-state index in [9.17, 15) is 23.4 Å². The van der Waals surface area contributed by atoms with Crippen molar-refractivity contribution in [2.75, 3.05) is 12.8 Å². The lowest BCUT2D eigenvalue weighted by molar-refractivity contribution is 0.0653. The van der Waals surface area contributed by atoms with Gasteiger partial charge in [0.15, 0.2) is 16.1 Å². The van der Waals surface area contributed by atoms with Crippen LogP contribution in [0.15, 0.2) is 54.6 Å². The molecule has 3 aromatic rings. The predicted molar refractivity (Wildman–Crippen MR) is 120 cm³/mol. The number of phenols is 1. The summed E-state index contributed by atoms with van der Waals surface area (Å²) in [7, 11) is -3.71. The third kappa shape index (κ3) is 4.81. The van der Waals surface area contributed by atoms with Crippen LogP contribution in [0.5, 0.6) is 5.75 Å². The van der Waals surface area contributed by atoms with E-state index in [0.717, 1.165) is 11.8 Å². The molecule has 0 aliphatic rings. The van der Waals surface area contributed by atoms with Crippen molar-refractivity contribution in [2.45, 2.75) is 31.2 Å². The summed E-state index contributed by atoms with van der Waals surface area (Å²) in [5, 5.41) is 31.4. The monoisotopic (exact) mass is 458 g/mol. The summed E-state index contributed by atoms with van der Waals surface area (Å²) >= 11 is 0. The number of aliphatic hydroxyl groups excluding tert-OH is 1. The Kier molecular flexibility index (Phi) is 6.65. The van der Waals surface area contributed by atoms with Crippen molar-refractivity contribution in [2.24, 2.45) is 0 Å². The summed E-state index contributed by atoms with van der Waals surface area (Å²) in [6, 6.07) is 15.3. The quantitative estimate of drug-likeness (QED) is 0.470. The molecule has 0 fully saturated rings. The second-order valence-electron chi connectivity index (χ2n) is 7.94. The molecule has 1 aromatic heterocycles. The van der Waals surface area contributed by atoms with Crippen molar-refractivity contribution < 1.29 is 23.4 Å². The van der Waals surface area contributed by atoms with Crippen LogP contribution in [0.2, 0.25) is 0 Å². The minimum absolute atomic E-state index is 0.0310. The number of phenolic OH excluding ortho intramolecular Hbond substituents is 1. The maximum Gasteiger partial charge on any atom is 0.255 e. The molecule has 0 saturated carbocycles. The van der Waals surface area contributed by atoms with E-state index < -0.39 is 26.7 Å². The first-order valence-corrected chi connectivity index (χ1v) is 11.8. The lowest BCUT2D eigenvalue weighted by Gasteiger charge is -2.30. The van der Waals surface area contributed by atoms with E-state index in [1.165, 1.54) is 23.7 Å². The summed E-state index contributed by atoms with van der Waals surface area (Å²) in [6.45, 7) is 2.92. The molecule has 2 unspecified atom stereocenters. The van der Waals surface area contributed by atoms with Gasteiger partial charge in [-0.3, -0.25) is 4.79 Å². The van der Waals surface area contributed by atoms with Crippen LogP contribution in [0.1, 0.15) is 35.6 Å². The van der Waals surface area contributed by atoms with Gasteiger partial charge >= 0.3 is 0 Å². The van der Waals surface area contributed by atoms with Crippen LogP contribution in [-0.2, 0) is 9.84 Å². The van der Waals surface area contributed by atoms with Gasteiger partial charge in [0.2, 0.25) is 0 Å². The van der Waals surface area contributed by atoms with Gasteiger partial charge in [0.05, 0.1) is 16.0 Å². The van der Waals surface area contributed by atoms with Gasteiger partial charge < -0.3 is 15.5 Å². The maximum atomic E-state index is 12.6. The molecule has 2 aromatic carbocycles. The summed E-state index contributed by atoms with van der Waals surface area (Å²) in [5.41, 5.74) is 2.02. The first-order valence-electron chi connectivity index (χ1n) is 9.94. The number of aromatic hydroxyl groups is 1. The third-order valence-corrected chi connectivity index (χ3v) is 7.64. The zero-order valence-corrected chi connectivity index (χ0v) is 18.9. The van der Waals surface area contributed by atoms with Crippen molar-refractivity contribution in [3.8, 4) is 17.0 Å². The average molecular weight is 459 g/mol. The standard InChI is InChI=1S/C22H26N4O5S/c1-15-20(16-9-5-4-6-10-16)24-25-26(15)19(28)13-22(2,32(3,30)31)14-23-21(29)17-11-7-8-12-18(17)27/h4-12,19,27-28H,13-14H2,1-3H3,(H,23,29). The van der Waals surface area contributed by atoms with E-state index in [-0.39, 0.29) is 24.3 Å². The molecule has 1 heterocycles. The van der Waals surface area contributed by atoms with Gasteiger partial charge in [-0.15, -0.1) is 5.10 Å². The normalized spacial score (nSPS) is 14.5. The molecule has 32 heavy (non-hydrogen) atoms. The number of para-hydroxylation sites is 1. The van der Waals surface area contributed by atoms with Crippen LogP contribution in [-0.4, -0.2) is 57.1 Å². The molecule has 9 nitrogen and oxygen atoms in total. The molecule has 0 aliphatic heterocycles. The number of aliphatic hydroxyl groups is 1. The summed E-state index contributed by atoms with van der Waals surface area (Å²) < 4.78 is 25.0. The first-order chi connectivity index (χ1) is 15.0. The largest absolute Gasteiger partial charge is 0.507 e. The molecule has 1 amide bonds. The van der Waals surface area contributed by atoms with E-state index >= 15 is 0 Å². The Morgan fingerprint density at radius 3 is 2.41 bits per heavy atom. The van der Waals surface area contributed by atoms with E-state index in [0.29, 0.717) is 11.4 Å². The van der Waals surface area contributed by atoms with Gasteiger partial charge in [0.1, 0.15) is 11.4 Å². The lowest BCUT2D eigenvalue weighted by atomic mass is 10.0. The highest BCUT2D eigenvalue weighted by atomic mass is 32.2. The second kappa shape index (κ2) is 9.09. The van der Waals surface area contributed by atoms with Crippen molar-refractivity contribution in [3.05, 3.63) is 65.9 Å². The molecular weight excluding hydrogens is 432 g/mol. The number of rotatable bonds is 8. The van der Waals surface area contributed by atoms with Crippen molar-refractivity contribution in [1.82, 2.24) is 20.3 Å². The summed E-state index contributed by atoms with van der Waals surface area (Å²) in [5.74, 6) is -0.825. The van der Waals surface area contributed by atoms with E-state index in [4.69, 9.17) is 0 Å². The molecule has 0 saturated heterocycles. The van der Waals surface area contributed by atoms with Gasteiger partial charge in [0.25, 0.3) is 5.91 Å². The minimum atomic E-state index is -3.71. The van der Waals surface area contributed by atoms with Crippen LogP contribution in [0.25, 0.3) is 11.3 Å². The van der Waals surface area contributed by atoms with Gasteiger partial charge in [-0.1, -0.05) is 47.7 Å². The average Bonchev–Trinajstić information content (AvgIpc) is 3.13. The topological polar surface area (TPSA) is 134 Å². The third-order valence-electron chi connectivity index (χ3n) is 5.54. The number of nitrogens with zero attached hydrogens (tertiary/aromatic N) is 3. The Morgan fingerprint density at radius 1 is 1.16 bits per heavy atom. The summed E-state index contributed by atoms with van der Waals surface area (Å²) in [6.07, 6.45) is -0.470. The molecule has 0 aliphatic carbocycles. The Labute approximate surface area is 186 Å². The maximum absolute atomic E-state index is 12.6. The highest BCUT2D eigenvalue weighted by Gasteiger charge is 2.39. The molecule has 2 atom stereocenters. The molecule has 3 N–H and O–H groups in total. The van der Waals surface area contributed by atoms with Crippen LogP contribution in [0.4, 0.5) is 0 Å². The molecular formula is C22H26N4O5S. The number of carbonyl (C=O) groups excluding carboxylic acids is 1. The first kappa shape index (κ1) is 23.4. The minimum Gasteiger partial charge on any atom is -0.507 e. The zero-order valence-electron chi connectivity index (χ0n) is 18.1. The number of amides is 1.